The lowest BCUT2D eigenvalue weighted by Gasteiger charge is -2.21. The number of anilines is 2. The van der Waals surface area contributed by atoms with Crippen molar-refractivity contribution in [2.45, 2.75) is 20.0 Å². The van der Waals surface area contributed by atoms with Gasteiger partial charge >= 0.3 is 0 Å². The van der Waals surface area contributed by atoms with Crippen LogP contribution in [0.5, 0.6) is 0 Å². The summed E-state index contributed by atoms with van der Waals surface area (Å²) in [6, 6.07) is 29.3. The van der Waals surface area contributed by atoms with E-state index in [1.54, 1.807) is 22.0 Å². The lowest BCUT2D eigenvalue weighted by atomic mass is 10.1. The minimum absolute atomic E-state index is 0.103. The smallest absolute Gasteiger partial charge is 0.247 e. The van der Waals surface area contributed by atoms with Crippen molar-refractivity contribution in [1.29, 1.82) is 0 Å². The third-order valence-corrected chi connectivity index (χ3v) is 6.02. The molecule has 0 radical (unpaired) electrons. The van der Waals surface area contributed by atoms with Crippen molar-refractivity contribution in [1.82, 2.24) is 9.88 Å². The summed E-state index contributed by atoms with van der Waals surface area (Å²) in [7, 11) is 0. The Labute approximate surface area is 203 Å². The molecule has 6 heteroatoms. The van der Waals surface area contributed by atoms with Crippen LogP contribution in [0.3, 0.4) is 0 Å². The van der Waals surface area contributed by atoms with Crippen molar-refractivity contribution in [2.24, 2.45) is 0 Å². The molecule has 0 atom stereocenters. The van der Waals surface area contributed by atoms with E-state index in [0.29, 0.717) is 23.9 Å². The van der Waals surface area contributed by atoms with E-state index < -0.39 is 0 Å². The van der Waals surface area contributed by atoms with Crippen LogP contribution in [0.25, 0.3) is 6.08 Å². The summed E-state index contributed by atoms with van der Waals surface area (Å²) in [5, 5.41) is 2.41. The average Bonchev–Trinajstić information content (AvgIpc) is 3.32. The molecule has 0 N–H and O–H groups in total. The van der Waals surface area contributed by atoms with Crippen LogP contribution in [-0.2, 0) is 22.7 Å². The second-order valence-electron chi connectivity index (χ2n) is 7.74. The predicted octanol–water partition coefficient (Wildman–Crippen LogP) is 6.07. The number of hydrogen-bond donors (Lipinski definition) is 0. The van der Waals surface area contributed by atoms with Gasteiger partial charge in [-0.1, -0.05) is 78.9 Å². The summed E-state index contributed by atoms with van der Waals surface area (Å²) in [5.74, 6) is -0.224. The van der Waals surface area contributed by atoms with E-state index in [2.05, 4.69) is 4.98 Å². The molecule has 34 heavy (non-hydrogen) atoms. The maximum Gasteiger partial charge on any atom is 0.247 e. The molecule has 5 nitrogen and oxygen atoms in total. The zero-order valence-corrected chi connectivity index (χ0v) is 19.7. The number of carbonyl (C=O) groups is 2. The van der Waals surface area contributed by atoms with E-state index in [4.69, 9.17) is 0 Å². The zero-order valence-electron chi connectivity index (χ0n) is 18.9. The summed E-state index contributed by atoms with van der Waals surface area (Å²) >= 11 is 1.36. The Morgan fingerprint density at radius 3 is 1.88 bits per heavy atom. The Hall–Kier alpha value is -4.03. The number of rotatable bonds is 8. The molecule has 0 aliphatic carbocycles. The molecule has 4 rings (SSSR count). The summed E-state index contributed by atoms with van der Waals surface area (Å²) in [4.78, 5) is 33.4. The van der Waals surface area contributed by atoms with Gasteiger partial charge < -0.3 is 4.90 Å². The molecule has 2 amide bonds. The Morgan fingerprint density at radius 1 is 0.824 bits per heavy atom. The molecular weight excluding hydrogens is 442 g/mol. The highest BCUT2D eigenvalue weighted by Gasteiger charge is 2.17. The maximum absolute atomic E-state index is 13.1. The molecule has 0 saturated heterocycles. The third kappa shape index (κ3) is 6.05. The standard InChI is InChI=1S/C28H25N3O2S/c1-22(32)31(26-15-9-4-10-16-26)28-29-25(21-34-28)17-18-27(33)30(19-23-11-5-2-6-12-23)20-24-13-7-3-8-14-24/h2-18,21H,19-20H2,1H3/b18-17+. The number of benzene rings is 3. The molecule has 170 valence electrons. The van der Waals surface area contributed by atoms with Crippen molar-refractivity contribution in [3.63, 3.8) is 0 Å². The average molecular weight is 468 g/mol. The molecule has 4 aromatic rings. The molecule has 0 bridgehead atoms. The Kier molecular flexibility index (Phi) is 7.63. The molecule has 0 spiro atoms. The normalized spacial score (nSPS) is 10.9. The van der Waals surface area contributed by atoms with E-state index >= 15 is 0 Å². The fourth-order valence-electron chi connectivity index (χ4n) is 3.54. The summed E-state index contributed by atoms with van der Waals surface area (Å²) in [6.45, 7) is 2.53. The van der Waals surface area contributed by atoms with Gasteiger partial charge in [-0.25, -0.2) is 4.98 Å². The number of nitrogens with zero attached hydrogens (tertiary/aromatic N) is 3. The van der Waals surface area contributed by atoms with E-state index in [-0.39, 0.29) is 11.8 Å². The van der Waals surface area contributed by atoms with E-state index in [1.165, 1.54) is 18.3 Å². The van der Waals surface area contributed by atoms with Crippen LogP contribution < -0.4 is 4.90 Å². The number of carbonyl (C=O) groups excluding carboxylic acids is 2. The number of para-hydroxylation sites is 1. The van der Waals surface area contributed by atoms with Gasteiger partial charge in [0.05, 0.1) is 11.4 Å². The van der Waals surface area contributed by atoms with E-state index in [0.717, 1.165) is 16.8 Å². The van der Waals surface area contributed by atoms with Gasteiger partial charge in [0.15, 0.2) is 5.13 Å². The number of amides is 2. The van der Waals surface area contributed by atoms with Gasteiger partial charge in [0.1, 0.15) is 0 Å². The fraction of sp³-hybridized carbons (Fsp3) is 0.107. The van der Waals surface area contributed by atoms with Gasteiger partial charge in [0, 0.05) is 31.5 Å². The fourth-order valence-corrected chi connectivity index (χ4v) is 4.40. The number of hydrogen-bond acceptors (Lipinski definition) is 4. The minimum Gasteiger partial charge on any atom is -0.331 e. The van der Waals surface area contributed by atoms with E-state index in [1.807, 2.05) is 96.4 Å². The summed E-state index contributed by atoms with van der Waals surface area (Å²) < 4.78 is 0. The number of thiazole rings is 1. The lowest BCUT2D eigenvalue weighted by Crippen LogP contribution is -2.28. The Morgan fingerprint density at radius 2 is 1.35 bits per heavy atom. The van der Waals surface area contributed by atoms with Crippen molar-refractivity contribution in [2.75, 3.05) is 4.90 Å². The van der Waals surface area contributed by atoms with E-state index in [9.17, 15) is 9.59 Å². The SMILES string of the molecule is CC(=O)N(c1ccccc1)c1nc(/C=C/C(=O)N(Cc2ccccc2)Cc2ccccc2)cs1. The van der Waals surface area contributed by atoms with Crippen LogP contribution in [-0.4, -0.2) is 21.7 Å². The Balaban J connectivity index is 1.52. The van der Waals surface area contributed by atoms with Crippen molar-refractivity contribution < 1.29 is 9.59 Å². The highest BCUT2D eigenvalue weighted by atomic mass is 32.1. The molecular formula is C28H25N3O2S. The second kappa shape index (κ2) is 11.2. The van der Waals surface area contributed by atoms with Gasteiger partial charge in [-0.2, -0.15) is 0 Å². The van der Waals surface area contributed by atoms with Gasteiger partial charge in [0.25, 0.3) is 0 Å². The molecule has 1 heterocycles. The van der Waals surface area contributed by atoms with Crippen LogP contribution in [0, 0.1) is 0 Å². The third-order valence-electron chi connectivity index (χ3n) is 5.17. The first-order chi connectivity index (χ1) is 16.6. The molecule has 0 aliphatic heterocycles. The van der Waals surface area contributed by atoms with Crippen LogP contribution in [0.1, 0.15) is 23.7 Å². The second-order valence-corrected chi connectivity index (χ2v) is 8.58. The first-order valence-electron chi connectivity index (χ1n) is 11.0. The molecule has 1 aromatic heterocycles. The lowest BCUT2D eigenvalue weighted by molar-refractivity contribution is -0.127. The van der Waals surface area contributed by atoms with Gasteiger partial charge in [-0.05, 0) is 29.3 Å². The molecule has 0 unspecified atom stereocenters. The first kappa shape index (κ1) is 23.1. The van der Waals surface area contributed by atoms with Gasteiger partial charge in [-0.3, -0.25) is 14.5 Å². The monoisotopic (exact) mass is 467 g/mol. The summed E-state index contributed by atoms with van der Waals surface area (Å²) in [5.41, 5.74) is 3.52. The topological polar surface area (TPSA) is 53.5 Å². The largest absolute Gasteiger partial charge is 0.331 e. The van der Waals surface area contributed by atoms with Gasteiger partial charge in [-0.15, -0.1) is 11.3 Å². The predicted molar refractivity (Wildman–Crippen MR) is 138 cm³/mol. The maximum atomic E-state index is 13.1. The molecule has 0 fully saturated rings. The van der Waals surface area contributed by atoms with Crippen molar-refractivity contribution in [3.8, 4) is 0 Å². The van der Waals surface area contributed by atoms with Gasteiger partial charge in [0.2, 0.25) is 11.8 Å². The van der Waals surface area contributed by atoms with Crippen molar-refractivity contribution >= 4 is 40.0 Å². The Bertz CT molecular complexity index is 1210. The van der Waals surface area contributed by atoms with Crippen molar-refractivity contribution in [3.05, 3.63) is 119 Å². The highest BCUT2D eigenvalue weighted by molar-refractivity contribution is 7.14. The van der Waals surface area contributed by atoms with Crippen LogP contribution in [0.15, 0.2) is 102 Å². The quantitative estimate of drug-likeness (QED) is 0.296. The minimum atomic E-state index is -0.121. The zero-order chi connectivity index (χ0) is 23.8. The number of aromatic nitrogens is 1. The highest BCUT2D eigenvalue weighted by Crippen LogP contribution is 2.29. The first-order valence-corrected chi connectivity index (χ1v) is 11.8. The molecule has 3 aromatic carbocycles. The van der Waals surface area contributed by atoms with Crippen LogP contribution in [0.4, 0.5) is 10.8 Å². The van der Waals surface area contributed by atoms with Crippen LogP contribution >= 0.6 is 11.3 Å². The molecule has 0 aliphatic rings. The van der Waals surface area contributed by atoms with Crippen LogP contribution in [0.2, 0.25) is 0 Å². The molecule has 0 saturated carbocycles. The summed E-state index contributed by atoms with van der Waals surface area (Å²) in [6.07, 6.45) is 3.25.